The molecule has 0 unspecified atom stereocenters. The number of rotatable bonds is 2. The van der Waals surface area contributed by atoms with E-state index in [9.17, 15) is 4.79 Å². The lowest BCUT2D eigenvalue weighted by molar-refractivity contribution is -0.114. The third-order valence-electron chi connectivity index (χ3n) is 0.773. The van der Waals surface area contributed by atoms with Gasteiger partial charge in [0, 0.05) is 20.3 Å². The average Bonchev–Trinajstić information content (AvgIpc) is 1.81. The lowest BCUT2D eigenvalue weighted by Gasteiger charge is -2.03. The van der Waals surface area contributed by atoms with Crippen LogP contribution in [-0.4, -0.2) is 24.9 Å². The number of carbonyl (C=O) groups excluding carboxylic acids is 1. The van der Waals surface area contributed by atoms with Gasteiger partial charge in [-0.15, -0.1) is 0 Å². The van der Waals surface area contributed by atoms with Gasteiger partial charge < -0.3 is 10.6 Å². The van der Waals surface area contributed by atoms with E-state index in [1.54, 1.807) is 25.1 Å². The maximum Gasteiger partial charge on any atom is 0.260 e. The summed E-state index contributed by atoms with van der Waals surface area (Å²) in [6.07, 6.45) is 1.38. The number of hydrogen-bond donors (Lipinski definition) is 1. The highest BCUT2D eigenvalue weighted by Gasteiger charge is 2.01. The Kier molecular flexibility index (Phi) is 2.98. The molecule has 0 fully saturated rings. The van der Waals surface area contributed by atoms with Crippen molar-refractivity contribution in [2.45, 2.75) is 0 Å². The molecule has 54 valence electrons. The Morgan fingerprint density at radius 3 is 2.30 bits per heavy atom. The molecule has 0 aliphatic rings. The molecule has 0 aromatic rings. The summed E-state index contributed by atoms with van der Waals surface area (Å²) in [6.45, 7) is 0. The van der Waals surface area contributed by atoms with Crippen LogP contribution in [0.1, 0.15) is 0 Å². The SMILES string of the molecule is CN(C)/C=C(/C#N)C(N)=O. The minimum Gasteiger partial charge on any atom is -0.382 e. The summed E-state index contributed by atoms with van der Waals surface area (Å²) < 4.78 is 0. The minimum atomic E-state index is -0.698. The van der Waals surface area contributed by atoms with Crippen LogP contribution in [0.25, 0.3) is 0 Å². The Hall–Kier alpha value is -1.50. The predicted octanol–water partition coefficient (Wildman–Crippen LogP) is -0.559. The molecule has 0 aromatic carbocycles. The topological polar surface area (TPSA) is 70.1 Å². The van der Waals surface area contributed by atoms with Crippen molar-refractivity contribution in [3.63, 3.8) is 0 Å². The van der Waals surface area contributed by atoms with E-state index in [4.69, 9.17) is 11.0 Å². The zero-order valence-electron chi connectivity index (χ0n) is 5.96. The van der Waals surface area contributed by atoms with E-state index in [-0.39, 0.29) is 5.57 Å². The third kappa shape index (κ3) is 2.72. The number of carbonyl (C=O) groups is 1. The molecule has 0 bridgehead atoms. The van der Waals surface area contributed by atoms with E-state index in [0.29, 0.717) is 0 Å². The van der Waals surface area contributed by atoms with E-state index in [1.165, 1.54) is 6.20 Å². The third-order valence-corrected chi connectivity index (χ3v) is 0.773. The van der Waals surface area contributed by atoms with E-state index in [0.717, 1.165) is 0 Å². The first-order valence-corrected chi connectivity index (χ1v) is 2.66. The maximum atomic E-state index is 10.4. The Morgan fingerprint density at radius 2 is 2.20 bits per heavy atom. The van der Waals surface area contributed by atoms with Gasteiger partial charge in [-0.1, -0.05) is 0 Å². The lowest BCUT2D eigenvalue weighted by Crippen LogP contribution is -2.15. The van der Waals surface area contributed by atoms with Crippen molar-refractivity contribution < 1.29 is 4.79 Å². The Morgan fingerprint density at radius 1 is 1.70 bits per heavy atom. The average molecular weight is 139 g/mol. The minimum absolute atomic E-state index is 0.0370. The Balaban J connectivity index is 4.39. The van der Waals surface area contributed by atoms with Crippen molar-refractivity contribution in [1.82, 2.24) is 4.90 Å². The number of nitrogens with zero attached hydrogens (tertiary/aromatic N) is 2. The van der Waals surface area contributed by atoms with Gasteiger partial charge in [0.15, 0.2) is 0 Å². The van der Waals surface area contributed by atoms with E-state index >= 15 is 0 Å². The smallest absolute Gasteiger partial charge is 0.260 e. The summed E-state index contributed by atoms with van der Waals surface area (Å²) in [5.41, 5.74) is 4.80. The van der Waals surface area contributed by atoms with Crippen LogP contribution in [0.3, 0.4) is 0 Å². The molecule has 1 amide bonds. The summed E-state index contributed by atoms with van der Waals surface area (Å²) >= 11 is 0. The molecule has 4 nitrogen and oxygen atoms in total. The number of nitrogens with two attached hydrogens (primary N) is 1. The monoisotopic (exact) mass is 139 g/mol. The molecule has 0 aromatic heterocycles. The van der Waals surface area contributed by atoms with Crippen molar-refractivity contribution in [1.29, 1.82) is 5.26 Å². The van der Waals surface area contributed by atoms with Gasteiger partial charge in [0.05, 0.1) is 0 Å². The first-order chi connectivity index (χ1) is 4.57. The van der Waals surface area contributed by atoms with Crippen molar-refractivity contribution in [3.05, 3.63) is 11.8 Å². The van der Waals surface area contributed by atoms with Gasteiger partial charge in [-0.3, -0.25) is 4.79 Å². The first kappa shape index (κ1) is 8.50. The van der Waals surface area contributed by atoms with Crippen LogP contribution in [0.15, 0.2) is 11.8 Å². The summed E-state index contributed by atoms with van der Waals surface area (Å²) in [5.74, 6) is -0.698. The number of nitriles is 1. The fourth-order valence-corrected chi connectivity index (χ4v) is 0.406. The zero-order chi connectivity index (χ0) is 8.15. The van der Waals surface area contributed by atoms with Crippen molar-refractivity contribution in [2.24, 2.45) is 5.73 Å². The van der Waals surface area contributed by atoms with Crippen LogP contribution in [-0.2, 0) is 4.79 Å². The standard InChI is InChI=1S/C6H9N3O/c1-9(2)4-5(3-7)6(8)10/h4H,1-2H3,(H2,8,10)/b5-4-. The fraction of sp³-hybridized carbons (Fsp3) is 0.333. The molecule has 0 spiro atoms. The van der Waals surface area contributed by atoms with Gasteiger partial charge in [0.25, 0.3) is 5.91 Å². The van der Waals surface area contributed by atoms with Crippen LogP contribution < -0.4 is 5.73 Å². The maximum absolute atomic E-state index is 10.4. The highest BCUT2D eigenvalue weighted by atomic mass is 16.1. The van der Waals surface area contributed by atoms with E-state index in [2.05, 4.69) is 0 Å². The van der Waals surface area contributed by atoms with Gasteiger partial charge in [0.1, 0.15) is 11.6 Å². The van der Waals surface area contributed by atoms with Crippen molar-refractivity contribution >= 4 is 5.91 Å². The van der Waals surface area contributed by atoms with Crippen LogP contribution in [0, 0.1) is 11.3 Å². The first-order valence-electron chi connectivity index (χ1n) is 2.66. The van der Waals surface area contributed by atoms with Crippen LogP contribution >= 0.6 is 0 Å². The van der Waals surface area contributed by atoms with Crippen molar-refractivity contribution in [3.8, 4) is 6.07 Å². The second-order valence-corrected chi connectivity index (χ2v) is 1.98. The van der Waals surface area contributed by atoms with Gasteiger partial charge in [0.2, 0.25) is 0 Å². The predicted molar refractivity (Wildman–Crippen MR) is 36.6 cm³/mol. The van der Waals surface area contributed by atoms with Crippen LogP contribution in [0.2, 0.25) is 0 Å². The quantitative estimate of drug-likeness (QED) is 0.412. The summed E-state index contributed by atoms with van der Waals surface area (Å²) in [7, 11) is 3.42. The summed E-state index contributed by atoms with van der Waals surface area (Å²) in [4.78, 5) is 12.0. The van der Waals surface area contributed by atoms with Gasteiger partial charge in [-0.2, -0.15) is 5.26 Å². The molecule has 0 saturated heterocycles. The van der Waals surface area contributed by atoms with E-state index in [1.807, 2.05) is 0 Å². The van der Waals surface area contributed by atoms with Gasteiger partial charge in [-0.25, -0.2) is 0 Å². The van der Waals surface area contributed by atoms with Gasteiger partial charge in [-0.05, 0) is 0 Å². The fourth-order valence-electron chi connectivity index (χ4n) is 0.406. The second-order valence-electron chi connectivity index (χ2n) is 1.98. The lowest BCUT2D eigenvalue weighted by atomic mass is 10.3. The van der Waals surface area contributed by atoms with Crippen LogP contribution in [0.4, 0.5) is 0 Å². The molecule has 0 radical (unpaired) electrons. The summed E-state index contributed by atoms with van der Waals surface area (Å²) in [6, 6.07) is 1.68. The van der Waals surface area contributed by atoms with E-state index < -0.39 is 5.91 Å². The highest BCUT2D eigenvalue weighted by Crippen LogP contribution is 1.90. The molecule has 0 rings (SSSR count). The molecule has 10 heavy (non-hydrogen) atoms. The molecule has 4 heteroatoms. The molecule has 2 N–H and O–H groups in total. The van der Waals surface area contributed by atoms with Crippen molar-refractivity contribution in [2.75, 3.05) is 14.1 Å². The number of amides is 1. The summed E-state index contributed by atoms with van der Waals surface area (Å²) in [5, 5.41) is 8.30. The molecule has 0 saturated carbocycles. The molecular weight excluding hydrogens is 130 g/mol. The molecule has 0 atom stereocenters. The highest BCUT2D eigenvalue weighted by molar-refractivity contribution is 5.95. The number of primary amides is 1. The Bertz CT molecular complexity index is 200. The van der Waals surface area contributed by atoms with Gasteiger partial charge >= 0.3 is 0 Å². The Labute approximate surface area is 59.5 Å². The molecule has 0 aliphatic carbocycles. The largest absolute Gasteiger partial charge is 0.382 e. The normalized spacial score (nSPS) is 10.3. The second kappa shape index (κ2) is 3.51. The molecule has 0 heterocycles. The molecule has 0 aliphatic heterocycles. The molecular formula is C6H9N3O. The number of hydrogen-bond acceptors (Lipinski definition) is 3. The zero-order valence-corrected chi connectivity index (χ0v) is 5.96. The van der Waals surface area contributed by atoms with Crippen LogP contribution in [0.5, 0.6) is 0 Å².